The molecule has 3 rings (SSSR count). The Hall–Kier alpha value is -1.44. The summed E-state index contributed by atoms with van der Waals surface area (Å²) in [6, 6.07) is 12.4. The first-order valence-electron chi connectivity index (χ1n) is 8.43. The molecule has 27 heavy (non-hydrogen) atoms. The van der Waals surface area contributed by atoms with Crippen LogP contribution in [0.1, 0.15) is 22.8 Å². The zero-order chi connectivity index (χ0) is 19.6. The first-order chi connectivity index (χ1) is 12.9. The summed E-state index contributed by atoms with van der Waals surface area (Å²) in [4.78, 5) is 0. The second kappa shape index (κ2) is 8.71. The minimum absolute atomic E-state index is 0.462. The number of halogens is 2. The van der Waals surface area contributed by atoms with Crippen molar-refractivity contribution in [3.63, 3.8) is 0 Å². The monoisotopic (exact) mass is 410 g/mol. The molecule has 1 heterocycles. The van der Waals surface area contributed by atoms with E-state index >= 15 is 0 Å². The predicted molar refractivity (Wildman–Crippen MR) is 105 cm³/mol. The van der Waals surface area contributed by atoms with Gasteiger partial charge >= 0.3 is 0 Å². The van der Waals surface area contributed by atoms with Crippen molar-refractivity contribution in [1.82, 2.24) is 0 Å². The Labute approximate surface area is 167 Å². The molecule has 1 aliphatic rings. The number of hydrogen-bond donors (Lipinski definition) is 4. The molecule has 0 unspecified atom stereocenters. The first-order valence-corrected chi connectivity index (χ1v) is 9.19. The van der Waals surface area contributed by atoms with Crippen LogP contribution in [-0.2, 0) is 4.74 Å². The Kier molecular flexibility index (Phi) is 6.55. The molecule has 0 saturated carbocycles. The van der Waals surface area contributed by atoms with Gasteiger partial charge in [-0.15, -0.1) is 0 Å². The molecule has 0 aliphatic carbocycles. The fraction of sp³-hybridized carbons (Fsp3) is 0.300. The smallest absolute Gasteiger partial charge is 0.113 e. The van der Waals surface area contributed by atoms with Gasteiger partial charge in [0.25, 0.3) is 0 Å². The van der Waals surface area contributed by atoms with Crippen LogP contribution in [0.3, 0.4) is 0 Å². The maximum absolute atomic E-state index is 10.3. The van der Waals surface area contributed by atoms with Gasteiger partial charge in [-0.05, 0) is 41.0 Å². The molecule has 1 saturated heterocycles. The third-order valence-electron chi connectivity index (χ3n) is 4.48. The molecule has 5 nitrogen and oxygen atoms in total. The van der Waals surface area contributed by atoms with Crippen LogP contribution in [0.2, 0.25) is 10.0 Å². The van der Waals surface area contributed by atoms with E-state index in [2.05, 4.69) is 0 Å². The van der Waals surface area contributed by atoms with E-state index in [1.54, 1.807) is 36.4 Å². The first kappa shape index (κ1) is 20.3. The van der Waals surface area contributed by atoms with E-state index in [0.717, 1.165) is 11.1 Å². The molecule has 0 bridgehead atoms. The van der Waals surface area contributed by atoms with E-state index in [9.17, 15) is 20.4 Å². The van der Waals surface area contributed by atoms with Crippen molar-refractivity contribution < 1.29 is 25.2 Å². The molecule has 5 atom stereocenters. The van der Waals surface area contributed by atoms with Gasteiger partial charge in [0.15, 0.2) is 0 Å². The summed E-state index contributed by atoms with van der Waals surface area (Å²) in [5, 5.41) is 40.6. The van der Waals surface area contributed by atoms with Crippen molar-refractivity contribution in [2.24, 2.45) is 0 Å². The Morgan fingerprint density at radius 2 is 1.52 bits per heavy atom. The highest BCUT2D eigenvalue weighted by Crippen LogP contribution is 2.33. The summed E-state index contributed by atoms with van der Waals surface area (Å²) < 4.78 is 5.60. The minimum Gasteiger partial charge on any atom is -0.394 e. The molecular formula is C20H20Cl2O5. The highest BCUT2D eigenvalue weighted by atomic mass is 35.5. The maximum Gasteiger partial charge on any atom is 0.113 e. The van der Waals surface area contributed by atoms with Gasteiger partial charge in [0.05, 0.1) is 6.61 Å². The van der Waals surface area contributed by atoms with Gasteiger partial charge in [-0.1, -0.05) is 53.6 Å². The molecule has 2 aromatic rings. The van der Waals surface area contributed by atoms with Gasteiger partial charge in [0, 0.05) is 10.0 Å². The van der Waals surface area contributed by atoms with Crippen LogP contribution in [0.5, 0.6) is 0 Å². The lowest BCUT2D eigenvalue weighted by Gasteiger charge is -2.40. The summed E-state index contributed by atoms with van der Waals surface area (Å²) in [5.41, 5.74) is 2.30. The van der Waals surface area contributed by atoms with Crippen molar-refractivity contribution in [1.29, 1.82) is 0 Å². The fourth-order valence-corrected chi connectivity index (χ4v) is 3.62. The van der Waals surface area contributed by atoms with Crippen molar-refractivity contribution in [2.75, 3.05) is 6.61 Å². The van der Waals surface area contributed by atoms with Crippen molar-refractivity contribution in [2.45, 2.75) is 30.5 Å². The van der Waals surface area contributed by atoms with Crippen LogP contribution in [0.25, 0.3) is 12.2 Å². The van der Waals surface area contributed by atoms with E-state index in [1.807, 2.05) is 18.2 Å². The van der Waals surface area contributed by atoms with Crippen LogP contribution in [0, 0.1) is 0 Å². The summed E-state index contributed by atoms with van der Waals surface area (Å²) in [7, 11) is 0. The third kappa shape index (κ3) is 4.70. The second-order valence-corrected chi connectivity index (χ2v) is 7.33. The second-order valence-electron chi connectivity index (χ2n) is 6.46. The molecule has 0 spiro atoms. The summed E-state index contributed by atoms with van der Waals surface area (Å²) in [5.74, 6) is 0. The number of ether oxygens (including phenoxy) is 1. The highest BCUT2D eigenvalue weighted by molar-refractivity contribution is 6.34. The zero-order valence-electron chi connectivity index (χ0n) is 14.2. The number of aliphatic hydroxyl groups excluding tert-OH is 4. The van der Waals surface area contributed by atoms with Crippen LogP contribution in [0.4, 0.5) is 0 Å². The Morgan fingerprint density at radius 1 is 0.852 bits per heavy atom. The number of benzene rings is 2. The van der Waals surface area contributed by atoms with Gasteiger partial charge in [-0.25, -0.2) is 0 Å². The standard InChI is InChI=1S/C20H20Cl2O5/c21-14-7-12(8-15(22)9-14)5-4-11-2-1-3-13(6-11)20-19(26)18(25)17(24)16(10-23)27-20/h1-9,16-20,23-26H,10H2/b5-4+/t16-,17-,18+,19+,20-/m1/s1. The van der Waals surface area contributed by atoms with Gasteiger partial charge < -0.3 is 25.2 Å². The van der Waals surface area contributed by atoms with E-state index < -0.39 is 37.1 Å². The highest BCUT2D eigenvalue weighted by Gasteiger charge is 2.43. The predicted octanol–water partition coefficient (Wildman–Crippen LogP) is 2.68. The van der Waals surface area contributed by atoms with E-state index in [4.69, 9.17) is 27.9 Å². The molecular weight excluding hydrogens is 391 g/mol. The Morgan fingerprint density at radius 3 is 2.19 bits per heavy atom. The average Bonchev–Trinajstić information content (AvgIpc) is 2.64. The Bertz CT molecular complexity index is 804. The number of aliphatic hydroxyl groups is 4. The average molecular weight is 411 g/mol. The number of hydrogen-bond acceptors (Lipinski definition) is 5. The zero-order valence-corrected chi connectivity index (χ0v) is 15.8. The van der Waals surface area contributed by atoms with Gasteiger partial charge in [0.2, 0.25) is 0 Å². The van der Waals surface area contributed by atoms with Crippen LogP contribution in [0.15, 0.2) is 42.5 Å². The largest absolute Gasteiger partial charge is 0.394 e. The Balaban J connectivity index is 1.83. The summed E-state index contributed by atoms with van der Waals surface area (Å²) in [6.45, 7) is -0.462. The molecule has 0 amide bonds. The SMILES string of the molecule is OC[C@H]1O[C@H](c2cccc(/C=C/c3cc(Cl)cc(Cl)c3)c2)[C@@H](O)[C@@H](O)[C@@H]1O. The lowest BCUT2D eigenvalue weighted by Crippen LogP contribution is -2.55. The van der Waals surface area contributed by atoms with E-state index in [0.29, 0.717) is 15.6 Å². The summed E-state index contributed by atoms with van der Waals surface area (Å²) in [6.07, 6.45) is -2.20. The molecule has 0 radical (unpaired) electrons. The van der Waals surface area contributed by atoms with Crippen molar-refractivity contribution >= 4 is 35.4 Å². The summed E-state index contributed by atoms with van der Waals surface area (Å²) >= 11 is 12.0. The molecule has 1 aliphatic heterocycles. The normalized spacial score (nSPS) is 28.6. The van der Waals surface area contributed by atoms with Crippen LogP contribution >= 0.6 is 23.2 Å². The molecule has 0 aromatic heterocycles. The van der Waals surface area contributed by atoms with E-state index in [-0.39, 0.29) is 0 Å². The van der Waals surface area contributed by atoms with Crippen molar-refractivity contribution in [3.05, 3.63) is 69.2 Å². The molecule has 2 aromatic carbocycles. The lowest BCUT2D eigenvalue weighted by atomic mass is 9.90. The maximum atomic E-state index is 10.3. The van der Waals surface area contributed by atoms with Gasteiger partial charge in [-0.3, -0.25) is 0 Å². The third-order valence-corrected chi connectivity index (χ3v) is 4.92. The van der Waals surface area contributed by atoms with Gasteiger partial charge in [-0.2, -0.15) is 0 Å². The fourth-order valence-electron chi connectivity index (χ4n) is 3.08. The topological polar surface area (TPSA) is 90.2 Å². The molecule has 4 N–H and O–H groups in total. The molecule has 7 heteroatoms. The number of rotatable bonds is 4. The van der Waals surface area contributed by atoms with Crippen LogP contribution in [-0.4, -0.2) is 51.4 Å². The van der Waals surface area contributed by atoms with Gasteiger partial charge in [0.1, 0.15) is 30.5 Å². The quantitative estimate of drug-likeness (QED) is 0.581. The van der Waals surface area contributed by atoms with E-state index in [1.165, 1.54) is 0 Å². The minimum atomic E-state index is -1.41. The van der Waals surface area contributed by atoms with Crippen LogP contribution < -0.4 is 0 Å². The molecule has 144 valence electrons. The lowest BCUT2D eigenvalue weighted by molar-refractivity contribution is -0.231. The molecule has 1 fully saturated rings. The van der Waals surface area contributed by atoms with Crippen molar-refractivity contribution in [3.8, 4) is 0 Å².